The fourth-order valence-electron chi connectivity index (χ4n) is 2.03. The fourth-order valence-corrected chi connectivity index (χ4v) is 3.13. The van der Waals surface area contributed by atoms with E-state index in [1.165, 1.54) is 31.2 Å². The molecule has 0 radical (unpaired) electrons. The number of hydrogen-bond acceptors (Lipinski definition) is 4. The van der Waals surface area contributed by atoms with Gasteiger partial charge < -0.3 is 5.11 Å². The molecule has 5 nitrogen and oxygen atoms in total. The van der Waals surface area contributed by atoms with Crippen LogP contribution in [0.25, 0.3) is 0 Å². The maximum atomic E-state index is 12.4. The molecule has 0 heterocycles. The van der Waals surface area contributed by atoms with Crippen molar-refractivity contribution in [3.05, 3.63) is 59.2 Å². The van der Waals surface area contributed by atoms with Crippen LogP contribution in [0.3, 0.4) is 0 Å². The van der Waals surface area contributed by atoms with Crippen molar-refractivity contribution in [3.8, 4) is 0 Å². The van der Waals surface area contributed by atoms with Gasteiger partial charge in [0, 0.05) is 11.1 Å². The zero-order valence-electron chi connectivity index (χ0n) is 12.3. The Kier molecular flexibility index (Phi) is 4.63. The van der Waals surface area contributed by atoms with Crippen molar-refractivity contribution in [1.29, 1.82) is 0 Å². The molecule has 0 aromatic heterocycles. The summed E-state index contributed by atoms with van der Waals surface area (Å²) in [4.78, 5) is 11.3. The first-order valence-electron chi connectivity index (χ1n) is 6.67. The van der Waals surface area contributed by atoms with Crippen molar-refractivity contribution in [2.45, 2.75) is 25.3 Å². The van der Waals surface area contributed by atoms with E-state index in [2.05, 4.69) is 4.72 Å². The van der Waals surface area contributed by atoms with Crippen LogP contribution in [0, 0.1) is 6.92 Å². The van der Waals surface area contributed by atoms with Crippen LogP contribution in [-0.4, -0.2) is 19.3 Å². The van der Waals surface area contributed by atoms with Crippen LogP contribution in [0.4, 0.5) is 5.69 Å². The predicted molar refractivity (Wildman–Crippen MR) is 84.4 cm³/mol. The summed E-state index contributed by atoms with van der Waals surface area (Å²) in [5.74, 6) is -0.127. The van der Waals surface area contributed by atoms with Gasteiger partial charge >= 0.3 is 0 Å². The number of hydrogen-bond donors (Lipinski definition) is 2. The third-order valence-electron chi connectivity index (χ3n) is 3.25. The monoisotopic (exact) mass is 319 g/mol. The average molecular weight is 319 g/mol. The molecule has 0 amide bonds. The number of benzene rings is 2. The number of anilines is 1. The van der Waals surface area contributed by atoms with Gasteiger partial charge in [0.25, 0.3) is 10.0 Å². The Hall–Kier alpha value is -2.18. The lowest BCUT2D eigenvalue weighted by molar-refractivity contribution is 0.101. The summed E-state index contributed by atoms with van der Waals surface area (Å²) >= 11 is 0. The van der Waals surface area contributed by atoms with Crippen molar-refractivity contribution in [1.82, 2.24) is 0 Å². The lowest BCUT2D eigenvalue weighted by atomic mass is 10.1. The molecular formula is C16H17NO4S. The zero-order valence-corrected chi connectivity index (χ0v) is 13.1. The van der Waals surface area contributed by atoms with Crippen LogP contribution in [0.2, 0.25) is 0 Å². The number of ketones is 1. The molecule has 2 rings (SSSR count). The van der Waals surface area contributed by atoms with E-state index in [1.807, 2.05) is 6.92 Å². The molecule has 22 heavy (non-hydrogen) atoms. The van der Waals surface area contributed by atoms with Gasteiger partial charge in [0.05, 0.1) is 17.2 Å². The van der Waals surface area contributed by atoms with Gasteiger partial charge in [-0.25, -0.2) is 8.42 Å². The second kappa shape index (κ2) is 6.29. The van der Waals surface area contributed by atoms with Crippen LogP contribution in [0.1, 0.15) is 28.4 Å². The molecule has 0 unspecified atom stereocenters. The van der Waals surface area contributed by atoms with Crippen molar-refractivity contribution in [2.75, 3.05) is 4.72 Å². The summed E-state index contributed by atoms with van der Waals surface area (Å²) in [7, 11) is -3.77. The Morgan fingerprint density at radius 3 is 2.32 bits per heavy atom. The number of Topliss-reactive ketones (excluding diaryl/α,β-unsaturated/α-hetero) is 1. The van der Waals surface area contributed by atoms with Gasteiger partial charge in [-0.05, 0) is 32.0 Å². The molecule has 116 valence electrons. The van der Waals surface area contributed by atoms with E-state index in [-0.39, 0.29) is 17.3 Å². The molecule has 2 N–H and O–H groups in total. The van der Waals surface area contributed by atoms with E-state index in [1.54, 1.807) is 18.2 Å². The standard InChI is InChI=1S/C16H17NO4S/c1-11-3-8-16(14(9-11)10-18)17-22(20,21)15-6-4-13(5-7-15)12(2)19/h3-9,17-18H,10H2,1-2H3. The van der Waals surface area contributed by atoms with Gasteiger partial charge in [-0.1, -0.05) is 29.8 Å². The van der Waals surface area contributed by atoms with Crippen LogP contribution >= 0.6 is 0 Å². The maximum Gasteiger partial charge on any atom is 0.261 e. The molecule has 2 aromatic rings. The number of carbonyl (C=O) groups excluding carboxylic acids is 1. The highest BCUT2D eigenvalue weighted by molar-refractivity contribution is 7.92. The number of nitrogens with one attached hydrogen (secondary N) is 1. The molecule has 0 spiro atoms. The van der Waals surface area contributed by atoms with Crippen molar-refractivity contribution in [3.63, 3.8) is 0 Å². The Bertz CT molecular complexity index is 795. The SMILES string of the molecule is CC(=O)c1ccc(S(=O)(=O)Nc2ccc(C)cc2CO)cc1. The molecule has 0 atom stereocenters. The van der Waals surface area contributed by atoms with Crippen molar-refractivity contribution in [2.24, 2.45) is 0 Å². The fraction of sp³-hybridized carbons (Fsp3) is 0.188. The van der Waals surface area contributed by atoms with Crippen LogP contribution in [-0.2, 0) is 16.6 Å². The topological polar surface area (TPSA) is 83.5 Å². The third-order valence-corrected chi connectivity index (χ3v) is 4.63. The highest BCUT2D eigenvalue weighted by Crippen LogP contribution is 2.22. The minimum atomic E-state index is -3.77. The number of aliphatic hydroxyl groups excluding tert-OH is 1. The smallest absolute Gasteiger partial charge is 0.261 e. The molecule has 0 fully saturated rings. The van der Waals surface area contributed by atoms with Gasteiger partial charge in [0.15, 0.2) is 5.78 Å². The molecule has 6 heteroatoms. The number of aliphatic hydroxyl groups is 1. The van der Waals surface area contributed by atoms with E-state index in [0.717, 1.165) is 5.56 Å². The third kappa shape index (κ3) is 3.52. The first-order valence-corrected chi connectivity index (χ1v) is 8.16. The first-order chi connectivity index (χ1) is 10.3. The van der Waals surface area contributed by atoms with Crippen LogP contribution in [0.5, 0.6) is 0 Å². The van der Waals surface area contributed by atoms with Crippen LogP contribution < -0.4 is 4.72 Å². The van der Waals surface area contributed by atoms with Crippen LogP contribution in [0.15, 0.2) is 47.4 Å². The summed E-state index contributed by atoms with van der Waals surface area (Å²) < 4.78 is 27.2. The van der Waals surface area contributed by atoms with E-state index in [9.17, 15) is 18.3 Å². The van der Waals surface area contributed by atoms with Crippen molar-refractivity contribution >= 4 is 21.5 Å². The Balaban J connectivity index is 2.33. The van der Waals surface area contributed by atoms with E-state index >= 15 is 0 Å². The Morgan fingerprint density at radius 1 is 1.14 bits per heavy atom. The van der Waals surface area contributed by atoms with Gasteiger partial charge in [0.2, 0.25) is 0 Å². The van der Waals surface area contributed by atoms with Gasteiger partial charge in [-0.15, -0.1) is 0 Å². The van der Waals surface area contributed by atoms with E-state index in [0.29, 0.717) is 16.8 Å². The summed E-state index contributed by atoms with van der Waals surface area (Å²) in [6.45, 7) is 3.02. The largest absolute Gasteiger partial charge is 0.392 e. The molecule has 0 saturated heterocycles. The average Bonchev–Trinajstić information content (AvgIpc) is 2.49. The first kappa shape index (κ1) is 16.2. The number of carbonyl (C=O) groups is 1. The lowest BCUT2D eigenvalue weighted by Gasteiger charge is -2.12. The molecule has 2 aromatic carbocycles. The quantitative estimate of drug-likeness (QED) is 0.829. The van der Waals surface area contributed by atoms with Gasteiger partial charge in [-0.2, -0.15) is 0 Å². The number of rotatable bonds is 5. The van der Waals surface area contributed by atoms with E-state index in [4.69, 9.17) is 0 Å². The summed E-state index contributed by atoms with van der Waals surface area (Å²) in [6.07, 6.45) is 0. The molecule has 0 aliphatic rings. The highest BCUT2D eigenvalue weighted by Gasteiger charge is 2.16. The van der Waals surface area contributed by atoms with E-state index < -0.39 is 10.0 Å². The Labute approximate surface area is 129 Å². The molecule has 0 aliphatic carbocycles. The molecule has 0 aliphatic heterocycles. The minimum Gasteiger partial charge on any atom is -0.392 e. The summed E-state index contributed by atoms with van der Waals surface area (Å²) in [5.41, 5.74) is 2.22. The highest BCUT2D eigenvalue weighted by atomic mass is 32.2. The maximum absolute atomic E-state index is 12.4. The molecular weight excluding hydrogens is 302 g/mol. The van der Waals surface area contributed by atoms with Gasteiger partial charge in [0.1, 0.15) is 0 Å². The summed E-state index contributed by atoms with van der Waals surface area (Å²) in [6, 6.07) is 10.8. The second-order valence-electron chi connectivity index (χ2n) is 5.00. The number of aryl methyl sites for hydroxylation is 1. The van der Waals surface area contributed by atoms with Gasteiger partial charge in [-0.3, -0.25) is 9.52 Å². The molecule has 0 bridgehead atoms. The minimum absolute atomic E-state index is 0.0574. The predicted octanol–water partition coefficient (Wildman–Crippen LogP) is 2.49. The zero-order chi connectivity index (χ0) is 16.3. The second-order valence-corrected chi connectivity index (χ2v) is 6.69. The summed E-state index contributed by atoms with van der Waals surface area (Å²) in [5, 5.41) is 9.34. The normalized spacial score (nSPS) is 11.2. The lowest BCUT2D eigenvalue weighted by Crippen LogP contribution is -2.14. The molecule has 0 saturated carbocycles. The Morgan fingerprint density at radius 2 is 1.77 bits per heavy atom. The van der Waals surface area contributed by atoms with Crippen molar-refractivity contribution < 1.29 is 18.3 Å². The number of sulfonamides is 1.